The Morgan fingerprint density at radius 2 is 0.758 bits per heavy atom. The molecule has 9 aromatic rings. The van der Waals surface area contributed by atoms with Gasteiger partial charge in [0.2, 0.25) is 0 Å². The van der Waals surface area contributed by atoms with Crippen LogP contribution in [0.15, 0.2) is 243 Å². The van der Waals surface area contributed by atoms with E-state index in [0.717, 1.165) is 73.0 Å². The van der Waals surface area contributed by atoms with Crippen molar-refractivity contribution in [3.63, 3.8) is 0 Å². The molecule has 0 aliphatic carbocycles. The number of fused-ring (bicyclic) bond motifs is 1. The third-order valence-corrected chi connectivity index (χ3v) is 11.5. The van der Waals surface area contributed by atoms with E-state index in [1.807, 2.05) is 54.6 Å². The molecular weight excluding hydrogens is 751 g/mol. The van der Waals surface area contributed by atoms with Gasteiger partial charge < -0.3 is 10.2 Å². The zero-order valence-corrected chi connectivity index (χ0v) is 34.1. The molecule has 3 heteroatoms. The fraction of sp³-hybridized carbons (Fsp3) is 0. The van der Waals surface area contributed by atoms with E-state index in [9.17, 15) is 5.41 Å². The zero-order chi connectivity index (χ0) is 41.7. The van der Waals surface area contributed by atoms with Crippen molar-refractivity contribution in [1.29, 1.82) is 5.41 Å². The van der Waals surface area contributed by atoms with Crippen molar-refractivity contribution in [3.05, 3.63) is 270 Å². The van der Waals surface area contributed by atoms with Crippen LogP contribution in [0.25, 0.3) is 56.4 Å². The van der Waals surface area contributed by atoms with Gasteiger partial charge in [-0.1, -0.05) is 206 Å². The van der Waals surface area contributed by atoms with Crippen LogP contribution in [-0.4, -0.2) is 5.71 Å². The summed E-state index contributed by atoms with van der Waals surface area (Å²) in [4.78, 5) is 2.32. The predicted molar refractivity (Wildman–Crippen MR) is 261 cm³/mol. The molecule has 0 fully saturated rings. The maximum atomic E-state index is 9.79. The average Bonchev–Trinajstić information content (AvgIpc) is 3.36. The van der Waals surface area contributed by atoms with Crippen molar-refractivity contribution in [3.8, 4) is 33.4 Å². The number of benzene rings is 9. The Bertz CT molecular complexity index is 2950. The van der Waals surface area contributed by atoms with Crippen LogP contribution in [-0.2, 0) is 0 Å². The molecule has 0 radical (unpaired) electrons. The molecule has 0 saturated carbocycles. The van der Waals surface area contributed by atoms with Crippen LogP contribution in [0, 0.1) is 5.41 Å². The van der Waals surface area contributed by atoms with Gasteiger partial charge in [-0.15, -0.1) is 0 Å². The van der Waals surface area contributed by atoms with Gasteiger partial charge in [0.1, 0.15) is 0 Å². The number of hydrogen-bond donors (Lipinski definition) is 2. The van der Waals surface area contributed by atoms with Gasteiger partial charge in [-0.2, -0.15) is 0 Å². The smallest absolute Gasteiger partial charge is 0.0711 e. The molecule has 294 valence electrons. The van der Waals surface area contributed by atoms with E-state index in [1.54, 1.807) is 0 Å². The van der Waals surface area contributed by atoms with Gasteiger partial charge in [-0.25, -0.2) is 0 Å². The molecule has 1 heterocycles. The van der Waals surface area contributed by atoms with Crippen LogP contribution < -0.4 is 10.2 Å². The average molecular weight is 794 g/mol. The van der Waals surface area contributed by atoms with Crippen molar-refractivity contribution in [1.82, 2.24) is 5.32 Å². The van der Waals surface area contributed by atoms with Crippen molar-refractivity contribution < 1.29 is 0 Å². The van der Waals surface area contributed by atoms with Crippen LogP contribution in [0.3, 0.4) is 0 Å². The van der Waals surface area contributed by atoms with E-state index in [2.05, 4.69) is 204 Å². The molecule has 0 spiro atoms. The summed E-state index contributed by atoms with van der Waals surface area (Å²) in [5, 5.41) is 13.7. The first kappa shape index (κ1) is 38.0. The second kappa shape index (κ2) is 17.1. The summed E-state index contributed by atoms with van der Waals surface area (Å²) < 4.78 is 0. The van der Waals surface area contributed by atoms with Crippen molar-refractivity contribution in [2.45, 2.75) is 0 Å². The fourth-order valence-corrected chi connectivity index (χ4v) is 8.43. The van der Waals surface area contributed by atoms with E-state index in [4.69, 9.17) is 0 Å². The first-order valence-electron chi connectivity index (χ1n) is 21.0. The van der Waals surface area contributed by atoms with E-state index in [1.165, 1.54) is 22.3 Å². The molecule has 10 rings (SSSR count). The number of nitrogens with zero attached hydrogens (tertiary/aromatic N) is 1. The summed E-state index contributed by atoms with van der Waals surface area (Å²) in [6, 6.07) is 84.9. The van der Waals surface area contributed by atoms with Crippen LogP contribution in [0.4, 0.5) is 17.1 Å². The molecule has 0 amide bonds. The quantitative estimate of drug-likeness (QED) is 0.135. The highest BCUT2D eigenvalue weighted by atomic mass is 15.1. The Kier molecular flexibility index (Phi) is 10.5. The molecule has 1 aliphatic heterocycles. The first-order valence-corrected chi connectivity index (χ1v) is 21.0. The molecule has 2 N–H and O–H groups in total. The van der Waals surface area contributed by atoms with E-state index in [0.29, 0.717) is 5.71 Å². The Morgan fingerprint density at radius 3 is 1.24 bits per heavy atom. The lowest BCUT2D eigenvalue weighted by Gasteiger charge is -2.29. The second-order valence-corrected chi connectivity index (χ2v) is 15.4. The second-order valence-electron chi connectivity index (χ2n) is 15.4. The summed E-state index contributed by atoms with van der Waals surface area (Å²) in [6.45, 7) is 0. The monoisotopic (exact) mass is 793 g/mol. The highest BCUT2D eigenvalue weighted by Gasteiger charge is 2.26. The molecule has 0 saturated heterocycles. The minimum absolute atomic E-state index is 0.455. The summed E-state index contributed by atoms with van der Waals surface area (Å²) in [6.07, 6.45) is 2.24. The van der Waals surface area contributed by atoms with Gasteiger partial charge in [0.25, 0.3) is 0 Å². The van der Waals surface area contributed by atoms with Gasteiger partial charge in [0.15, 0.2) is 0 Å². The topological polar surface area (TPSA) is 39.1 Å². The molecule has 0 bridgehead atoms. The summed E-state index contributed by atoms with van der Waals surface area (Å²) >= 11 is 0. The van der Waals surface area contributed by atoms with Crippen LogP contribution >= 0.6 is 0 Å². The van der Waals surface area contributed by atoms with Crippen molar-refractivity contribution in [2.24, 2.45) is 0 Å². The van der Waals surface area contributed by atoms with Crippen LogP contribution in [0.2, 0.25) is 0 Å². The molecule has 3 nitrogen and oxygen atoms in total. The molecule has 62 heavy (non-hydrogen) atoms. The predicted octanol–water partition coefficient (Wildman–Crippen LogP) is 15.2. The van der Waals surface area contributed by atoms with Gasteiger partial charge >= 0.3 is 0 Å². The minimum Gasteiger partial charge on any atom is -0.354 e. The third-order valence-electron chi connectivity index (χ3n) is 11.5. The summed E-state index contributed by atoms with van der Waals surface area (Å²) in [5.41, 5.74) is 18.3. The van der Waals surface area contributed by atoms with Crippen molar-refractivity contribution >= 4 is 45.8 Å². The Balaban J connectivity index is 1.11. The normalized spacial score (nSPS) is 12.7. The maximum Gasteiger partial charge on any atom is 0.0711 e. The molecule has 0 atom stereocenters. The fourth-order valence-electron chi connectivity index (χ4n) is 8.43. The van der Waals surface area contributed by atoms with Crippen LogP contribution in [0.1, 0.15) is 27.8 Å². The zero-order valence-electron chi connectivity index (χ0n) is 34.1. The van der Waals surface area contributed by atoms with E-state index >= 15 is 0 Å². The molecule has 9 aromatic carbocycles. The van der Waals surface area contributed by atoms with E-state index < -0.39 is 0 Å². The summed E-state index contributed by atoms with van der Waals surface area (Å²) in [5.74, 6) is 0. The number of anilines is 3. The Morgan fingerprint density at radius 1 is 0.355 bits per heavy atom. The van der Waals surface area contributed by atoms with Gasteiger partial charge in [-0.3, -0.25) is 5.41 Å². The Labute approximate surface area is 363 Å². The molecular formula is C59H43N3. The third kappa shape index (κ3) is 7.67. The molecule has 0 unspecified atom stereocenters. The number of rotatable bonds is 10. The Hall–Kier alpha value is -8.27. The SMILES string of the molecule is N=C(/C(=C1\NC(c2ccccc2)=Cc2cccc(-c3ccc(N(c4ccc(-c5ccccc5)cc4)c4ccc(-c5ccccc5)cc4)cc3)c21)c1ccccc1)c1ccccc1. The first-order chi connectivity index (χ1) is 30.7. The largest absolute Gasteiger partial charge is 0.354 e. The number of hydrogen-bond acceptors (Lipinski definition) is 3. The lowest BCUT2D eigenvalue weighted by Crippen LogP contribution is -2.21. The maximum absolute atomic E-state index is 9.79. The van der Waals surface area contributed by atoms with Gasteiger partial charge in [0.05, 0.1) is 11.4 Å². The van der Waals surface area contributed by atoms with Gasteiger partial charge in [-0.05, 0) is 92.5 Å². The molecule has 0 aromatic heterocycles. The van der Waals surface area contributed by atoms with Crippen molar-refractivity contribution in [2.75, 3.05) is 4.90 Å². The highest BCUT2D eigenvalue weighted by molar-refractivity contribution is 6.36. The van der Waals surface area contributed by atoms with Gasteiger partial charge in [0, 0.05) is 39.5 Å². The van der Waals surface area contributed by atoms with E-state index in [-0.39, 0.29) is 0 Å². The molecule has 1 aliphatic rings. The lowest BCUT2D eigenvalue weighted by atomic mass is 9.84. The number of allylic oxidation sites excluding steroid dienone is 1. The van der Waals surface area contributed by atoms with Crippen LogP contribution in [0.5, 0.6) is 0 Å². The highest BCUT2D eigenvalue weighted by Crippen LogP contribution is 2.43. The summed E-state index contributed by atoms with van der Waals surface area (Å²) in [7, 11) is 0. The number of nitrogens with one attached hydrogen (secondary N) is 2. The lowest BCUT2D eigenvalue weighted by molar-refractivity contribution is 1.22. The minimum atomic E-state index is 0.455. The standard InChI is InChI=1S/C59H43N3/c60-58(49-25-14-5-15-26-49)57(48-23-12-4-13-24-48)59-56-50(41-55(61-59)47-21-10-3-11-22-47)27-16-28-54(56)46-33-39-53(40-34-46)62(51-35-29-44(30-36-51)42-17-6-1-7-18-42)52-37-31-45(32-38-52)43-19-8-2-9-20-43/h1-41,60-61H/b59-57-,60-58?.